The number of rotatable bonds is 5. The summed E-state index contributed by atoms with van der Waals surface area (Å²) in [6.45, 7) is 1.05. The maximum absolute atomic E-state index is 5.69. The smallest absolute Gasteiger partial charge is 0.130 e. The van der Waals surface area contributed by atoms with Crippen molar-refractivity contribution in [3.8, 4) is 5.75 Å². The summed E-state index contributed by atoms with van der Waals surface area (Å²) in [7, 11) is 1.68. The molecule has 94 valence electrons. The van der Waals surface area contributed by atoms with Gasteiger partial charge in [-0.15, -0.1) is 0 Å². The van der Waals surface area contributed by atoms with Gasteiger partial charge in [0.15, 0.2) is 0 Å². The number of hydrogen-bond donors (Lipinski definition) is 0. The zero-order chi connectivity index (χ0) is 12.8. The molecule has 0 unspecified atom stereocenters. The van der Waals surface area contributed by atoms with E-state index >= 15 is 0 Å². The molecule has 2 rings (SSSR count). The molecule has 0 aliphatic rings. The normalized spacial score (nSPS) is 10.3. The molecule has 0 atom stereocenters. The Labute approximate surface area is 115 Å². The fourth-order valence-electron chi connectivity index (χ4n) is 1.54. The topological polar surface area (TPSA) is 31.4 Å². The minimum absolute atomic E-state index is 0.462. The molecule has 3 nitrogen and oxygen atoms in total. The number of nitrogens with zero attached hydrogens (tertiary/aromatic N) is 1. The van der Waals surface area contributed by atoms with Crippen LogP contribution in [0.25, 0.3) is 0 Å². The molecule has 0 aliphatic carbocycles. The molecule has 0 spiro atoms. The molecule has 0 radical (unpaired) electrons. The Balaban J connectivity index is 1.97. The number of benzene rings is 1. The molecular weight excluding hydrogens is 294 g/mol. The van der Waals surface area contributed by atoms with Crippen LogP contribution in [0.4, 0.5) is 0 Å². The summed E-state index contributed by atoms with van der Waals surface area (Å²) in [4.78, 5) is 4.26. The van der Waals surface area contributed by atoms with Gasteiger partial charge >= 0.3 is 0 Å². The number of pyridine rings is 1. The van der Waals surface area contributed by atoms with Crippen LogP contribution in [0.5, 0.6) is 5.75 Å². The zero-order valence-corrected chi connectivity index (χ0v) is 11.7. The molecule has 0 amide bonds. The van der Waals surface area contributed by atoms with Gasteiger partial charge in [-0.05, 0) is 45.8 Å². The molecule has 1 aromatic heterocycles. The number of halogens is 1. The molecule has 0 saturated heterocycles. The molecule has 4 heteroatoms. The molecule has 0 aliphatic heterocycles. The number of aromatic nitrogens is 1. The fraction of sp³-hybridized carbons (Fsp3) is 0.214. The lowest BCUT2D eigenvalue weighted by atomic mass is 10.2. The van der Waals surface area contributed by atoms with Crippen molar-refractivity contribution >= 4 is 15.9 Å². The summed E-state index contributed by atoms with van der Waals surface area (Å²) in [5, 5.41) is 0. The molecule has 0 bridgehead atoms. The first-order valence-corrected chi connectivity index (χ1v) is 6.38. The van der Waals surface area contributed by atoms with Crippen LogP contribution in [0.2, 0.25) is 0 Å². The van der Waals surface area contributed by atoms with Crippen molar-refractivity contribution in [3.05, 3.63) is 58.3 Å². The Kier molecular flexibility index (Phi) is 4.73. The van der Waals surface area contributed by atoms with Gasteiger partial charge < -0.3 is 9.47 Å². The van der Waals surface area contributed by atoms with Crippen molar-refractivity contribution in [3.63, 3.8) is 0 Å². The van der Waals surface area contributed by atoms with Gasteiger partial charge in [0, 0.05) is 17.8 Å². The highest BCUT2D eigenvalue weighted by molar-refractivity contribution is 9.10. The third-order valence-electron chi connectivity index (χ3n) is 2.38. The number of hydrogen-bond acceptors (Lipinski definition) is 3. The average molecular weight is 308 g/mol. The molecule has 18 heavy (non-hydrogen) atoms. The van der Waals surface area contributed by atoms with Crippen LogP contribution in [0.1, 0.15) is 11.3 Å². The molecule has 1 aromatic carbocycles. The van der Waals surface area contributed by atoms with Crippen LogP contribution in [0.15, 0.2) is 47.1 Å². The highest BCUT2D eigenvalue weighted by Crippen LogP contribution is 2.16. The van der Waals surface area contributed by atoms with E-state index in [1.807, 2.05) is 36.4 Å². The maximum Gasteiger partial charge on any atom is 0.130 e. The van der Waals surface area contributed by atoms with Gasteiger partial charge in [0.1, 0.15) is 12.4 Å². The average Bonchev–Trinajstić information content (AvgIpc) is 2.39. The van der Waals surface area contributed by atoms with Crippen LogP contribution < -0.4 is 4.74 Å². The molecule has 0 fully saturated rings. The lowest BCUT2D eigenvalue weighted by molar-refractivity contribution is 0.184. The fourth-order valence-corrected chi connectivity index (χ4v) is 1.78. The largest absolute Gasteiger partial charge is 0.487 e. The number of ether oxygens (including phenoxy) is 2. The Morgan fingerprint density at radius 2 is 2.06 bits per heavy atom. The van der Waals surface area contributed by atoms with Gasteiger partial charge in [0.25, 0.3) is 0 Å². The third kappa shape index (κ3) is 3.82. The minimum Gasteiger partial charge on any atom is -0.487 e. The van der Waals surface area contributed by atoms with E-state index in [1.54, 1.807) is 13.3 Å². The highest BCUT2D eigenvalue weighted by atomic mass is 79.9. The second-order valence-corrected chi connectivity index (χ2v) is 4.75. The quantitative estimate of drug-likeness (QED) is 0.846. The van der Waals surface area contributed by atoms with Gasteiger partial charge in [-0.25, -0.2) is 0 Å². The molecule has 1 heterocycles. The summed E-state index contributed by atoms with van der Waals surface area (Å²) < 4.78 is 11.7. The minimum atomic E-state index is 0.462. The van der Waals surface area contributed by atoms with Crippen molar-refractivity contribution in [2.45, 2.75) is 13.2 Å². The summed E-state index contributed by atoms with van der Waals surface area (Å²) in [5.41, 5.74) is 1.99. The Morgan fingerprint density at radius 1 is 1.17 bits per heavy atom. The zero-order valence-electron chi connectivity index (χ0n) is 10.1. The lowest BCUT2D eigenvalue weighted by Crippen LogP contribution is -1.98. The Morgan fingerprint density at radius 3 is 2.78 bits per heavy atom. The van der Waals surface area contributed by atoms with Crippen LogP contribution in [0.3, 0.4) is 0 Å². The second kappa shape index (κ2) is 6.52. The lowest BCUT2D eigenvalue weighted by Gasteiger charge is -2.07. The van der Waals surface area contributed by atoms with Crippen molar-refractivity contribution in [1.29, 1.82) is 0 Å². The first-order valence-electron chi connectivity index (χ1n) is 5.59. The monoisotopic (exact) mass is 307 g/mol. The first kappa shape index (κ1) is 13.1. The third-order valence-corrected chi connectivity index (χ3v) is 2.85. The van der Waals surface area contributed by atoms with E-state index in [0.717, 1.165) is 21.5 Å². The Hall–Kier alpha value is -1.39. The van der Waals surface area contributed by atoms with E-state index in [-0.39, 0.29) is 0 Å². The highest BCUT2D eigenvalue weighted by Gasteiger charge is 1.99. The van der Waals surface area contributed by atoms with Crippen LogP contribution in [-0.4, -0.2) is 12.1 Å². The van der Waals surface area contributed by atoms with E-state index in [4.69, 9.17) is 9.47 Å². The first-order chi connectivity index (χ1) is 8.78. The summed E-state index contributed by atoms with van der Waals surface area (Å²) >= 11 is 3.35. The van der Waals surface area contributed by atoms with Crippen molar-refractivity contribution < 1.29 is 9.47 Å². The molecule has 0 N–H and O–H groups in total. The molecular formula is C14H14BrNO2. The van der Waals surface area contributed by atoms with Crippen LogP contribution in [0, 0.1) is 0 Å². The Bertz CT molecular complexity index is 499. The predicted octanol–water partition coefficient (Wildman–Crippen LogP) is 3.57. The number of methoxy groups -OCH3 is 1. The van der Waals surface area contributed by atoms with Gasteiger partial charge in [0.2, 0.25) is 0 Å². The van der Waals surface area contributed by atoms with Gasteiger partial charge in [-0.1, -0.05) is 12.1 Å². The van der Waals surface area contributed by atoms with E-state index in [1.165, 1.54) is 0 Å². The van der Waals surface area contributed by atoms with Gasteiger partial charge in [-0.2, -0.15) is 0 Å². The van der Waals surface area contributed by atoms with Gasteiger partial charge in [0.05, 0.1) is 12.3 Å². The van der Waals surface area contributed by atoms with Crippen LogP contribution >= 0.6 is 15.9 Å². The SMILES string of the molecule is COCc1cccc(OCc2ccc(Br)cn2)c1. The predicted molar refractivity (Wildman–Crippen MR) is 73.4 cm³/mol. The van der Waals surface area contributed by atoms with E-state index in [9.17, 15) is 0 Å². The summed E-state index contributed by atoms with van der Waals surface area (Å²) in [6.07, 6.45) is 1.76. The summed E-state index contributed by atoms with van der Waals surface area (Å²) in [6, 6.07) is 11.8. The van der Waals surface area contributed by atoms with E-state index in [0.29, 0.717) is 13.2 Å². The standard InChI is InChI=1S/C14H14BrNO2/c1-17-9-11-3-2-4-14(7-11)18-10-13-6-5-12(15)8-16-13/h2-8H,9-10H2,1H3. The molecule has 0 saturated carbocycles. The van der Waals surface area contributed by atoms with E-state index in [2.05, 4.69) is 20.9 Å². The van der Waals surface area contributed by atoms with Gasteiger partial charge in [-0.3, -0.25) is 4.98 Å². The van der Waals surface area contributed by atoms with E-state index < -0.39 is 0 Å². The second-order valence-electron chi connectivity index (χ2n) is 3.84. The van der Waals surface area contributed by atoms with Crippen molar-refractivity contribution in [2.75, 3.05) is 7.11 Å². The summed E-state index contributed by atoms with van der Waals surface area (Å²) in [5.74, 6) is 0.828. The maximum atomic E-state index is 5.69. The van der Waals surface area contributed by atoms with Crippen molar-refractivity contribution in [1.82, 2.24) is 4.98 Å². The van der Waals surface area contributed by atoms with Crippen molar-refractivity contribution in [2.24, 2.45) is 0 Å². The molecule has 2 aromatic rings. The van der Waals surface area contributed by atoms with Crippen LogP contribution in [-0.2, 0) is 18.0 Å².